The van der Waals surface area contributed by atoms with E-state index in [2.05, 4.69) is 72.3 Å². The fourth-order valence-electron chi connectivity index (χ4n) is 8.72. The second kappa shape index (κ2) is 10.9. The maximum Gasteiger partial charge on any atom is 0.178 e. The molecule has 0 spiro atoms. The molecular formula is C43H28N10O2. The Hall–Kier alpha value is -7.73. The summed E-state index contributed by atoms with van der Waals surface area (Å²) in [6.45, 7) is 0. The molecule has 0 bridgehead atoms. The summed E-state index contributed by atoms with van der Waals surface area (Å²) in [6, 6.07) is 20.0. The molecule has 4 aromatic carbocycles. The largest absolute Gasteiger partial charge is 0.507 e. The highest BCUT2D eigenvalue weighted by Gasteiger charge is 2.42. The number of nitrogens with one attached hydrogen (secondary N) is 5. The van der Waals surface area contributed by atoms with E-state index >= 15 is 0 Å². The van der Waals surface area contributed by atoms with Crippen LogP contribution in [-0.2, 0) is 0 Å². The van der Waals surface area contributed by atoms with Crippen molar-refractivity contribution in [2.24, 2.45) is 16.8 Å². The van der Waals surface area contributed by atoms with E-state index in [9.17, 15) is 10.2 Å². The Morgan fingerprint density at radius 2 is 1.47 bits per heavy atom. The number of aromatic nitrogens is 6. The number of rotatable bonds is 4. The first kappa shape index (κ1) is 29.8. The van der Waals surface area contributed by atoms with Gasteiger partial charge >= 0.3 is 0 Å². The van der Waals surface area contributed by atoms with Crippen molar-refractivity contribution in [1.29, 1.82) is 0 Å². The molecule has 2 unspecified atom stereocenters. The topological polar surface area (TPSA) is 172 Å². The molecule has 7 N–H and O–H groups in total. The number of aliphatic hydroxyl groups excluding tert-OH is 2. The Kier molecular flexibility index (Phi) is 5.91. The van der Waals surface area contributed by atoms with Gasteiger partial charge in [0, 0.05) is 56.1 Å². The molecule has 262 valence electrons. The standard InChI is InChI=1S/C43H28N10O2/c54-39-37(40(55)38(39)24-11-14-30-35-21(24)5-2-8-27(35)50-42(52-30)32-16-44-18-46-32)23-10-13-29-34-20(23)4-1-7-26(34)48-41(49-29)25-12-15-31-36-22(25)6-3-9-28(36)51-43(53-31)33-17-45-19-47-33/h1-20,23,48-49,54-55H,(H,44,46)(H,45,47)(H,50,52). The molecule has 0 radical (unpaired) electrons. The number of aliphatic imine (C=N–C) groups is 1. The second-order valence-electron chi connectivity index (χ2n) is 14.1. The van der Waals surface area contributed by atoms with Crippen molar-refractivity contribution in [2.75, 3.05) is 5.32 Å². The number of H-pyrrole nitrogens is 2. The molecule has 0 saturated carbocycles. The molecule has 7 aromatic rings. The van der Waals surface area contributed by atoms with Gasteiger partial charge in [-0.2, -0.15) is 0 Å². The van der Waals surface area contributed by atoms with Crippen LogP contribution >= 0.6 is 0 Å². The Labute approximate surface area is 311 Å². The molecule has 3 aromatic heterocycles. The highest BCUT2D eigenvalue weighted by Crippen LogP contribution is 2.52. The third kappa shape index (κ3) is 4.18. The number of hydrogen-bond donors (Lipinski definition) is 7. The van der Waals surface area contributed by atoms with Crippen LogP contribution in [0.5, 0.6) is 0 Å². The number of nitrogens with zero attached hydrogens (tertiary/aromatic N) is 5. The van der Waals surface area contributed by atoms with Gasteiger partial charge in [0.15, 0.2) is 11.7 Å². The van der Waals surface area contributed by atoms with Gasteiger partial charge in [-0.3, -0.25) is 0 Å². The van der Waals surface area contributed by atoms with E-state index in [1.54, 1.807) is 25.0 Å². The van der Waals surface area contributed by atoms with Crippen LogP contribution in [0.3, 0.4) is 0 Å². The van der Waals surface area contributed by atoms with Crippen molar-refractivity contribution in [1.82, 2.24) is 40.5 Å². The summed E-state index contributed by atoms with van der Waals surface area (Å²) in [6.07, 6.45) is 17.1. The minimum absolute atomic E-state index is 0.100. The van der Waals surface area contributed by atoms with Crippen LogP contribution < -0.4 is 21.2 Å². The third-order valence-corrected chi connectivity index (χ3v) is 11.2. The molecular weight excluding hydrogens is 689 g/mol. The SMILES string of the molecule is OC1=C(c2ccc3c4c(cccc24)NC(c2cnc[nH]2)=N3)C(O)=C1C1C=CC2=C3C(=CC=CC31)NC(=c1ccc3nc(-c4cnc[nH]4)nc4cccc1c43)N2. The zero-order valence-electron chi connectivity index (χ0n) is 28.8. The molecule has 0 saturated heterocycles. The Morgan fingerprint density at radius 3 is 2.31 bits per heavy atom. The van der Waals surface area contributed by atoms with Crippen molar-refractivity contribution in [3.05, 3.63) is 167 Å². The van der Waals surface area contributed by atoms with Crippen LogP contribution in [0.2, 0.25) is 0 Å². The van der Waals surface area contributed by atoms with Gasteiger partial charge < -0.3 is 36.1 Å². The molecule has 0 fully saturated rings. The quantitative estimate of drug-likeness (QED) is 0.103. The van der Waals surface area contributed by atoms with Crippen LogP contribution in [0.15, 0.2) is 155 Å². The molecule has 5 aliphatic rings. The van der Waals surface area contributed by atoms with Crippen molar-refractivity contribution in [3.8, 4) is 11.5 Å². The number of imidazole rings is 2. The van der Waals surface area contributed by atoms with E-state index in [0.717, 1.165) is 88.9 Å². The maximum atomic E-state index is 11.8. The van der Waals surface area contributed by atoms with E-state index in [1.165, 1.54) is 0 Å². The first-order chi connectivity index (χ1) is 27.1. The van der Waals surface area contributed by atoms with Crippen LogP contribution in [0.1, 0.15) is 11.3 Å². The van der Waals surface area contributed by atoms with Gasteiger partial charge in [0.1, 0.15) is 28.7 Å². The second-order valence-corrected chi connectivity index (χ2v) is 14.1. The van der Waals surface area contributed by atoms with E-state index in [0.29, 0.717) is 22.8 Å². The third-order valence-electron chi connectivity index (χ3n) is 11.2. The van der Waals surface area contributed by atoms with Crippen molar-refractivity contribution in [3.63, 3.8) is 0 Å². The van der Waals surface area contributed by atoms with Crippen LogP contribution in [0, 0.1) is 11.8 Å². The number of aromatic amines is 2. The fourth-order valence-corrected chi connectivity index (χ4v) is 8.72. The monoisotopic (exact) mass is 716 g/mol. The minimum Gasteiger partial charge on any atom is -0.507 e. The smallest absolute Gasteiger partial charge is 0.178 e. The predicted octanol–water partition coefficient (Wildman–Crippen LogP) is 6.84. The van der Waals surface area contributed by atoms with Gasteiger partial charge in [0.25, 0.3) is 0 Å². The maximum absolute atomic E-state index is 11.8. The first-order valence-electron chi connectivity index (χ1n) is 17.9. The van der Waals surface area contributed by atoms with E-state index in [4.69, 9.17) is 15.0 Å². The molecule has 12 rings (SSSR count). The number of hydrogen-bond acceptors (Lipinski definition) is 10. The van der Waals surface area contributed by atoms with Gasteiger partial charge in [-0.25, -0.2) is 24.9 Å². The lowest BCUT2D eigenvalue weighted by Crippen LogP contribution is -2.41. The molecule has 3 aliphatic carbocycles. The molecule has 55 heavy (non-hydrogen) atoms. The number of anilines is 1. The average molecular weight is 717 g/mol. The Bertz CT molecular complexity index is 3130. The first-order valence-corrected chi connectivity index (χ1v) is 17.9. The van der Waals surface area contributed by atoms with Gasteiger partial charge in [-0.15, -0.1) is 0 Å². The lowest BCUT2D eigenvalue weighted by molar-refractivity contribution is 0.346. The molecule has 2 aliphatic heterocycles. The van der Waals surface area contributed by atoms with Crippen LogP contribution in [0.25, 0.3) is 55.5 Å². The van der Waals surface area contributed by atoms with Gasteiger partial charge in [0.2, 0.25) is 0 Å². The number of aliphatic hydroxyl groups is 2. The highest BCUT2D eigenvalue weighted by atomic mass is 16.3. The average Bonchev–Trinajstić information content (AvgIpc) is 3.97. The van der Waals surface area contributed by atoms with Crippen molar-refractivity contribution in [2.45, 2.75) is 0 Å². The van der Waals surface area contributed by atoms with E-state index < -0.39 is 0 Å². The van der Waals surface area contributed by atoms with E-state index in [1.807, 2.05) is 54.6 Å². The lowest BCUT2D eigenvalue weighted by Gasteiger charge is -2.40. The number of allylic oxidation sites excluding steroid dienone is 8. The Morgan fingerprint density at radius 1 is 0.673 bits per heavy atom. The summed E-state index contributed by atoms with van der Waals surface area (Å²) in [5.41, 5.74) is 9.66. The number of amidine groups is 1. The van der Waals surface area contributed by atoms with Crippen molar-refractivity contribution < 1.29 is 10.2 Å². The van der Waals surface area contributed by atoms with E-state index in [-0.39, 0.29) is 23.4 Å². The van der Waals surface area contributed by atoms with Crippen LogP contribution in [-0.4, -0.2) is 46.0 Å². The molecule has 5 heterocycles. The Balaban J connectivity index is 0.895. The van der Waals surface area contributed by atoms with Gasteiger partial charge in [-0.05, 0) is 58.8 Å². The van der Waals surface area contributed by atoms with Gasteiger partial charge in [-0.1, -0.05) is 48.6 Å². The molecule has 12 heteroatoms. The molecule has 0 amide bonds. The summed E-state index contributed by atoms with van der Waals surface area (Å²) in [5, 5.41) is 39.1. The highest BCUT2D eigenvalue weighted by molar-refractivity contribution is 6.20. The zero-order valence-corrected chi connectivity index (χ0v) is 28.8. The minimum atomic E-state index is -0.278. The normalized spacial score (nSPS) is 20.7. The molecule has 12 nitrogen and oxygen atoms in total. The lowest BCUT2D eigenvalue weighted by atomic mass is 9.69. The number of benzene rings is 4. The van der Waals surface area contributed by atoms with Gasteiger partial charge in [0.05, 0.1) is 47.3 Å². The summed E-state index contributed by atoms with van der Waals surface area (Å²) < 4.78 is 0. The zero-order chi connectivity index (χ0) is 36.4. The summed E-state index contributed by atoms with van der Waals surface area (Å²) in [7, 11) is 0. The van der Waals surface area contributed by atoms with Crippen LogP contribution in [0.4, 0.5) is 11.4 Å². The summed E-state index contributed by atoms with van der Waals surface area (Å²) in [5.74, 6) is 1.93. The summed E-state index contributed by atoms with van der Waals surface area (Å²) in [4.78, 5) is 29.0. The summed E-state index contributed by atoms with van der Waals surface area (Å²) >= 11 is 0. The molecule has 2 atom stereocenters. The van der Waals surface area contributed by atoms with Crippen molar-refractivity contribution >= 4 is 61.2 Å². The predicted molar refractivity (Wildman–Crippen MR) is 211 cm³/mol. The fraction of sp³-hybridized carbons (Fsp3) is 0.0465.